The molecule has 0 unspecified atom stereocenters. The minimum absolute atomic E-state index is 0.0190. The highest BCUT2D eigenvalue weighted by Crippen LogP contribution is 2.22. The number of aromatic carboxylic acids is 1. The van der Waals surface area contributed by atoms with Crippen LogP contribution in [-0.2, 0) is 0 Å². The van der Waals surface area contributed by atoms with Crippen molar-refractivity contribution in [2.75, 3.05) is 11.9 Å². The van der Waals surface area contributed by atoms with Gasteiger partial charge in [0.25, 0.3) is 6.01 Å². The molecular weight excluding hydrogens is 265 g/mol. The van der Waals surface area contributed by atoms with Crippen LogP contribution in [0, 0.1) is 0 Å². The van der Waals surface area contributed by atoms with Gasteiger partial charge in [0.1, 0.15) is 5.52 Å². The summed E-state index contributed by atoms with van der Waals surface area (Å²) in [5.74, 6) is -1.12. The van der Waals surface area contributed by atoms with Gasteiger partial charge in [0, 0.05) is 6.54 Å². The Kier molecular flexibility index (Phi) is 3.32. The third-order valence-electron chi connectivity index (χ3n) is 2.32. The minimum Gasteiger partial charge on any atom is -0.478 e. The highest BCUT2D eigenvalue weighted by molar-refractivity contribution is 5.92. The molecule has 0 bridgehead atoms. The second-order valence-electron chi connectivity index (χ2n) is 3.80. The number of anilines is 1. The van der Waals surface area contributed by atoms with Gasteiger partial charge in [0.15, 0.2) is 5.58 Å². The maximum atomic E-state index is 11.9. The molecule has 2 rings (SSSR count). The van der Waals surface area contributed by atoms with Crippen molar-refractivity contribution in [3.05, 3.63) is 23.8 Å². The van der Waals surface area contributed by atoms with Gasteiger partial charge >= 0.3 is 12.1 Å². The predicted molar refractivity (Wildman–Crippen MR) is 60.1 cm³/mol. The van der Waals surface area contributed by atoms with Crippen molar-refractivity contribution in [2.24, 2.45) is 0 Å². The lowest BCUT2D eigenvalue weighted by molar-refractivity contribution is -0.131. The normalized spacial score (nSPS) is 11.7. The largest absolute Gasteiger partial charge is 0.478 e. The number of hydrogen-bond donors (Lipinski definition) is 2. The molecular formula is C11H9F3N2O3. The van der Waals surface area contributed by atoms with Gasteiger partial charge in [0.05, 0.1) is 12.0 Å². The number of fused-ring (bicyclic) bond motifs is 1. The number of carboxylic acid groups (broad SMARTS) is 1. The Balaban J connectivity index is 2.11. The Morgan fingerprint density at radius 1 is 1.42 bits per heavy atom. The van der Waals surface area contributed by atoms with Gasteiger partial charge in [-0.2, -0.15) is 18.2 Å². The average Bonchev–Trinajstić information content (AvgIpc) is 2.68. The van der Waals surface area contributed by atoms with E-state index < -0.39 is 18.6 Å². The molecule has 2 aromatic rings. The Morgan fingerprint density at radius 2 is 2.16 bits per heavy atom. The standard InChI is InChI=1S/C11H9F3N2O3/c12-11(13,14)3-4-15-10-16-7-2-1-6(9(17)18)5-8(7)19-10/h1-2,5H,3-4H2,(H,15,16)(H,17,18). The summed E-state index contributed by atoms with van der Waals surface area (Å²) in [6.45, 7) is -0.359. The summed E-state index contributed by atoms with van der Waals surface area (Å²) in [5.41, 5.74) is 0.597. The number of alkyl halides is 3. The van der Waals surface area contributed by atoms with Crippen molar-refractivity contribution in [3.63, 3.8) is 0 Å². The Bertz CT molecular complexity index is 607. The number of nitrogens with zero attached hydrogens (tertiary/aromatic N) is 1. The zero-order valence-corrected chi connectivity index (χ0v) is 9.49. The Morgan fingerprint density at radius 3 is 2.79 bits per heavy atom. The number of nitrogens with one attached hydrogen (secondary N) is 1. The summed E-state index contributed by atoms with van der Waals surface area (Å²) < 4.78 is 41.0. The van der Waals surface area contributed by atoms with Crippen LogP contribution in [0.25, 0.3) is 11.1 Å². The van der Waals surface area contributed by atoms with Gasteiger partial charge in [-0.1, -0.05) is 0 Å². The molecule has 5 nitrogen and oxygen atoms in total. The molecule has 2 N–H and O–H groups in total. The lowest BCUT2D eigenvalue weighted by atomic mass is 10.2. The summed E-state index contributed by atoms with van der Waals surface area (Å²) in [7, 11) is 0. The summed E-state index contributed by atoms with van der Waals surface area (Å²) >= 11 is 0. The highest BCUT2D eigenvalue weighted by Gasteiger charge is 2.26. The number of carbonyl (C=O) groups is 1. The third-order valence-corrected chi connectivity index (χ3v) is 2.32. The van der Waals surface area contributed by atoms with E-state index in [0.717, 1.165) is 0 Å². The van der Waals surface area contributed by atoms with Gasteiger partial charge in [-0.25, -0.2) is 4.79 Å². The topological polar surface area (TPSA) is 75.4 Å². The fourth-order valence-corrected chi connectivity index (χ4v) is 1.44. The van der Waals surface area contributed by atoms with Crippen molar-refractivity contribution in [1.82, 2.24) is 4.98 Å². The van der Waals surface area contributed by atoms with Gasteiger partial charge in [-0.3, -0.25) is 0 Å². The first-order valence-corrected chi connectivity index (χ1v) is 5.30. The van der Waals surface area contributed by atoms with E-state index in [1.165, 1.54) is 18.2 Å². The molecule has 0 saturated heterocycles. The number of aromatic nitrogens is 1. The molecule has 0 spiro atoms. The molecule has 1 aromatic heterocycles. The van der Waals surface area contributed by atoms with Crippen molar-refractivity contribution in [3.8, 4) is 0 Å². The Labute approximate surface area is 105 Å². The highest BCUT2D eigenvalue weighted by atomic mass is 19.4. The lowest BCUT2D eigenvalue weighted by Crippen LogP contribution is -2.14. The van der Waals surface area contributed by atoms with Crippen LogP contribution >= 0.6 is 0 Å². The first-order valence-electron chi connectivity index (χ1n) is 5.30. The van der Waals surface area contributed by atoms with Crippen molar-refractivity contribution >= 4 is 23.1 Å². The molecule has 19 heavy (non-hydrogen) atoms. The third kappa shape index (κ3) is 3.36. The maximum Gasteiger partial charge on any atom is 0.390 e. The SMILES string of the molecule is O=C(O)c1ccc2nc(NCCC(F)(F)F)oc2c1. The van der Waals surface area contributed by atoms with Crippen molar-refractivity contribution < 1.29 is 27.5 Å². The van der Waals surface area contributed by atoms with E-state index >= 15 is 0 Å². The van der Waals surface area contributed by atoms with Gasteiger partial charge < -0.3 is 14.8 Å². The molecule has 0 aliphatic heterocycles. The first-order chi connectivity index (χ1) is 8.85. The molecule has 1 aromatic carbocycles. The monoisotopic (exact) mass is 274 g/mol. The second kappa shape index (κ2) is 4.79. The van der Waals surface area contributed by atoms with Crippen molar-refractivity contribution in [2.45, 2.75) is 12.6 Å². The van der Waals surface area contributed by atoms with E-state index in [1.54, 1.807) is 0 Å². The van der Waals surface area contributed by atoms with Crippen LogP contribution in [0.15, 0.2) is 22.6 Å². The molecule has 0 aliphatic carbocycles. The van der Waals surface area contributed by atoms with Gasteiger partial charge in [-0.15, -0.1) is 0 Å². The fraction of sp³-hybridized carbons (Fsp3) is 0.273. The summed E-state index contributed by atoms with van der Waals surface area (Å²) in [4.78, 5) is 14.6. The zero-order valence-electron chi connectivity index (χ0n) is 9.49. The molecule has 0 fully saturated rings. The van der Waals surface area contributed by atoms with Crippen LogP contribution in [0.2, 0.25) is 0 Å². The quantitative estimate of drug-likeness (QED) is 0.896. The van der Waals surface area contributed by atoms with E-state index in [2.05, 4.69) is 10.3 Å². The van der Waals surface area contributed by atoms with Crippen LogP contribution in [0.1, 0.15) is 16.8 Å². The van der Waals surface area contributed by atoms with Crippen LogP contribution in [0.5, 0.6) is 0 Å². The van der Waals surface area contributed by atoms with Gasteiger partial charge in [-0.05, 0) is 18.2 Å². The molecule has 102 valence electrons. The zero-order chi connectivity index (χ0) is 14.0. The van der Waals surface area contributed by atoms with E-state index in [-0.39, 0.29) is 23.7 Å². The van der Waals surface area contributed by atoms with Gasteiger partial charge in [0.2, 0.25) is 0 Å². The average molecular weight is 274 g/mol. The summed E-state index contributed by atoms with van der Waals surface area (Å²) in [6, 6.07) is 3.96. The molecule has 0 saturated carbocycles. The number of oxazole rings is 1. The van der Waals surface area contributed by atoms with Crippen LogP contribution in [-0.4, -0.2) is 28.8 Å². The molecule has 0 aliphatic rings. The lowest BCUT2D eigenvalue weighted by Gasteiger charge is -2.05. The minimum atomic E-state index is -4.25. The predicted octanol–water partition coefficient (Wildman–Crippen LogP) is 2.89. The smallest absolute Gasteiger partial charge is 0.390 e. The van der Waals surface area contributed by atoms with E-state index in [4.69, 9.17) is 9.52 Å². The van der Waals surface area contributed by atoms with Crippen LogP contribution < -0.4 is 5.32 Å². The molecule has 0 radical (unpaired) electrons. The molecule has 0 amide bonds. The number of rotatable bonds is 4. The maximum absolute atomic E-state index is 11.9. The fourth-order valence-electron chi connectivity index (χ4n) is 1.44. The van der Waals surface area contributed by atoms with E-state index in [9.17, 15) is 18.0 Å². The molecule has 8 heteroatoms. The number of halogens is 3. The van der Waals surface area contributed by atoms with E-state index in [1.807, 2.05) is 0 Å². The Hall–Kier alpha value is -2.25. The summed E-state index contributed by atoms with van der Waals surface area (Å²) in [6.07, 6.45) is -5.26. The van der Waals surface area contributed by atoms with E-state index in [0.29, 0.717) is 5.52 Å². The summed E-state index contributed by atoms with van der Waals surface area (Å²) in [5, 5.41) is 11.2. The molecule has 1 heterocycles. The second-order valence-corrected chi connectivity index (χ2v) is 3.80. The number of hydrogen-bond acceptors (Lipinski definition) is 4. The van der Waals surface area contributed by atoms with Crippen molar-refractivity contribution in [1.29, 1.82) is 0 Å². The first kappa shape index (κ1) is 13.2. The van der Waals surface area contributed by atoms with Crippen LogP contribution in [0.3, 0.4) is 0 Å². The van der Waals surface area contributed by atoms with Crippen LogP contribution in [0.4, 0.5) is 19.2 Å². The molecule has 0 atom stereocenters. The number of carboxylic acids is 1. The number of benzene rings is 1.